The number of piperazine rings is 1. The van der Waals surface area contributed by atoms with Gasteiger partial charge in [-0.25, -0.2) is 18.2 Å². The zero-order valence-corrected chi connectivity index (χ0v) is 22.0. The van der Waals surface area contributed by atoms with Crippen LogP contribution in [0, 0.1) is 6.92 Å². The largest absolute Gasteiger partial charge is 0.444 e. The highest BCUT2D eigenvalue weighted by atomic mass is 32.2. The lowest BCUT2D eigenvalue weighted by Crippen LogP contribution is -2.55. The number of halogens is 1. The van der Waals surface area contributed by atoms with Crippen LogP contribution in [-0.2, 0) is 14.8 Å². The van der Waals surface area contributed by atoms with Gasteiger partial charge in [0.25, 0.3) is 10.0 Å². The molecule has 3 rings (SSSR count). The molecule has 1 saturated heterocycles. The number of carbonyl (C=O) groups is 1. The van der Waals surface area contributed by atoms with Crippen LogP contribution in [0.25, 0.3) is 0 Å². The summed E-state index contributed by atoms with van der Waals surface area (Å²) < 4.78 is 46.7. The van der Waals surface area contributed by atoms with E-state index in [9.17, 15) is 17.6 Å². The first-order valence-electron chi connectivity index (χ1n) is 11.7. The normalized spacial score (nSPS) is 17.7. The lowest BCUT2D eigenvalue weighted by molar-refractivity contribution is 0.0158. The second-order valence-electron chi connectivity index (χ2n) is 10.0. The molecule has 1 unspecified atom stereocenters. The molecule has 1 amide bonds. The Morgan fingerprint density at radius 3 is 2.40 bits per heavy atom. The van der Waals surface area contributed by atoms with Gasteiger partial charge in [0.2, 0.25) is 0 Å². The zero-order chi connectivity index (χ0) is 26.0. The zero-order valence-electron chi connectivity index (χ0n) is 21.2. The number of ether oxygens (including phenoxy) is 1. The maximum atomic E-state index is 12.9. The van der Waals surface area contributed by atoms with Crippen molar-refractivity contribution in [3.05, 3.63) is 47.7 Å². The number of benzene rings is 1. The van der Waals surface area contributed by atoms with Crippen LogP contribution in [0.5, 0.6) is 0 Å². The predicted molar refractivity (Wildman–Crippen MR) is 135 cm³/mol. The van der Waals surface area contributed by atoms with Crippen molar-refractivity contribution in [1.82, 2.24) is 9.88 Å². The molecule has 1 aliphatic rings. The summed E-state index contributed by atoms with van der Waals surface area (Å²) in [6.07, 6.45) is -0.328. The third-order valence-electron chi connectivity index (χ3n) is 5.89. The molecule has 1 fully saturated rings. The molecular weight excluding hydrogens is 471 g/mol. The number of alkyl halides is 1. The minimum atomic E-state index is -3.82. The number of nitrogens with one attached hydrogen (secondary N) is 1. The van der Waals surface area contributed by atoms with Crippen LogP contribution in [0.4, 0.5) is 20.7 Å². The number of hydrogen-bond acceptors (Lipinski definition) is 6. The van der Waals surface area contributed by atoms with Crippen LogP contribution in [-0.4, -0.2) is 62.3 Å². The standard InChI is InChI=1S/C25H35FN4O4S/c1-17(15-26)20-7-9-21(10-8-20)35(32,33)28-22-11-12-23(27-19(22)3)29-13-14-30(18(2)16-29)24(31)34-25(4,5)6/h7-12,17-18,28H,13-16H2,1-6H3/t17-,18?/m0/s1. The highest BCUT2D eigenvalue weighted by Gasteiger charge is 2.31. The van der Waals surface area contributed by atoms with Gasteiger partial charge in [0.1, 0.15) is 11.4 Å². The Bertz CT molecular complexity index is 1150. The second-order valence-corrected chi connectivity index (χ2v) is 11.7. The second kappa shape index (κ2) is 10.4. The molecular formula is C25H35FN4O4S. The smallest absolute Gasteiger partial charge is 0.410 e. The van der Waals surface area contributed by atoms with Gasteiger partial charge in [-0.3, -0.25) is 9.11 Å². The number of hydrogen-bond donors (Lipinski definition) is 1. The molecule has 2 heterocycles. The molecule has 192 valence electrons. The Kier molecular flexibility index (Phi) is 7.93. The first kappa shape index (κ1) is 26.7. The first-order chi connectivity index (χ1) is 16.3. The van der Waals surface area contributed by atoms with Crippen LogP contribution in [0.3, 0.4) is 0 Å². The van der Waals surface area contributed by atoms with Crippen LogP contribution in [0.15, 0.2) is 41.3 Å². The van der Waals surface area contributed by atoms with Crippen molar-refractivity contribution in [1.29, 1.82) is 0 Å². The first-order valence-corrected chi connectivity index (χ1v) is 13.2. The molecule has 0 aliphatic carbocycles. The number of carbonyl (C=O) groups excluding carboxylic acids is 1. The summed E-state index contributed by atoms with van der Waals surface area (Å²) in [6.45, 7) is 12.2. The van der Waals surface area contributed by atoms with Gasteiger partial charge in [-0.2, -0.15) is 0 Å². The van der Waals surface area contributed by atoms with E-state index < -0.39 is 22.3 Å². The maximum absolute atomic E-state index is 12.9. The van der Waals surface area contributed by atoms with Crippen molar-refractivity contribution in [2.75, 3.05) is 35.9 Å². The molecule has 10 heteroatoms. The molecule has 0 bridgehead atoms. The maximum Gasteiger partial charge on any atom is 0.410 e. The molecule has 2 atom stereocenters. The van der Waals surface area contributed by atoms with E-state index in [2.05, 4.69) is 14.6 Å². The summed E-state index contributed by atoms with van der Waals surface area (Å²) >= 11 is 0. The Morgan fingerprint density at radius 2 is 1.86 bits per heavy atom. The Labute approximate surface area is 207 Å². The van der Waals surface area contributed by atoms with Crippen molar-refractivity contribution >= 4 is 27.6 Å². The number of amides is 1. The van der Waals surface area contributed by atoms with Crippen LogP contribution in [0.2, 0.25) is 0 Å². The van der Waals surface area contributed by atoms with E-state index in [4.69, 9.17) is 4.74 Å². The minimum Gasteiger partial charge on any atom is -0.444 e. The highest BCUT2D eigenvalue weighted by molar-refractivity contribution is 7.92. The number of rotatable bonds is 6. The van der Waals surface area contributed by atoms with E-state index in [1.807, 2.05) is 27.7 Å². The number of nitrogens with zero attached hydrogens (tertiary/aromatic N) is 3. The lowest BCUT2D eigenvalue weighted by atomic mass is 10.0. The van der Waals surface area contributed by atoms with Gasteiger partial charge in [-0.15, -0.1) is 0 Å². The minimum absolute atomic E-state index is 0.0676. The summed E-state index contributed by atoms with van der Waals surface area (Å²) in [4.78, 5) is 21.0. The van der Waals surface area contributed by atoms with Crippen LogP contribution < -0.4 is 9.62 Å². The fourth-order valence-electron chi connectivity index (χ4n) is 3.86. The Morgan fingerprint density at radius 1 is 1.20 bits per heavy atom. The van der Waals surface area contributed by atoms with Gasteiger partial charge in [0.15, 0.2) is 0 Å². The average Bonchev–Trinajstić information content (AvgIpc) is 2.78. The van der Waals surface area contributed by atoms with Crippen LogP contribution in [0.1, 0.15) is 51.8 Å². The quantitative estimate of drug-likeness (QED) is 0.610. The Balaban J connectivity index is 1.68. The number of anilines is 2. The fraction of sp³-hybridized carbons (Fsp3) is 0.520. The van der Waals surface area contributed by atoms with E-state index in [1.54, 1.807) is 43.0 Å². The summed E-state index contributed by atoms with van der Waals surface area (Å²) in [5.41, 5.74) is 1.12. The summed E-state index contributed by atoms with van der Waals surface area (Å²) in [5.74, 6) is 0.429. The van der Waals surface area contributed by atoms with Gasteiger partial charge in [0, 0.05) is 31.6 Å². The molecule has 1 aromatic carbocycles. The van der Waals surface area contributed by atoms with E-state index >= 15 is 0 Å². The van der Waals surface area contributed by atoms with Gasteiger partial charge in [0.05, 0.1) is 23.0 Å². The van der Waals surface area contributed by atoms with E-state index in [0.29, 0.717) is 36.8 Å². The predicted octanol–water partition coefficient (Wildman–Crippen LogP) is 4.71. The SMILES string of the molecule is Cc1nc(N2CCN(C(=O)OC(C)(C)C)C(C)C2)ccc1NS(=O)(=O)c1ccc([C@@H](C)CF)cc1. The van der Waals surface area contributed by atoms with Gasteiger partial charge < -0.3 is 14.5 Å². The van der Waals surface area contributed by atoms with Gasteiger partial charge in [-0.1, -0.05) is 19.1 Å². The molecule has 2 aromatic rings. The number of aromatic nitrogens is 1. The van der Waals surface area contributed by atoms with Crippen molar-refractivity contribution < 1.29 is 22.3 Å². The lowest BCUT2D eigenvalue weighted by Gasteiger charge is -2.40. The highest BCUT2D eigenvalue weighted by Crippen LogP contribution is 2.25. The summed E-state index contributed by atoms with van der Waals surface area (Å²) in [7, 11) is -3.82. The molecule has 0 spiro atoms. The van der Waals surface area contributed by atoms with Crippen molar-refractivity contribution in [2.45, 2.75) is 64.0 Å². The topological polar surface area (TPSA) is 91.8 Å². The molecule has 1 aromatic heterocycles. The number of sulfonamides is 1. The molecule has 8 nitrogen and oxygen atoms in total. The van der Waals surface area contributed by atoms with Gasteiger partial charge >= 0.3 is 6.09 Å². The average molecular weight is 507 g/mol. The van der Waals surface area contributed by atoms with E-state index in [-0.39, 0.29) is 22.9 Å². The molecule has 1 N–H and O–H groups in total. The molecule has 0 saturated carbocycles. The summed E-state index contributed by atoms with van der Waals surface area (Å²) in [6, 6.07) is 9.61. The third kappa shape index (κ3) is 6.62. The Hall–Kier alpha value is -2.88. The molecule has 0 radical (unpaired) electrons. The van der Waals surface area contributed by atoms with Crippen molar-refractivity contribution in [3.8, 4) is 0 Å². The van der Waals surface area contributed by atoms with Gasteiger partial charge in [-0.05, 0) is 64.4 Å². The molecule has 1 aliphatic heterocycles. The summed E-state index contributed by atoms with van der Waals surface area (Å²) in [5, 5.41) is 0. The van der Waals surface area contributed by atoms with Crippen molar-refractivity contribution in [3.63, 3.8) is 0 Å². The fourth-order valence-corrected chi connectivity index (χ4v) is 4.98. The van der Waals surface area contributed by atoms with E-state index in [1.165, 1.54) is 12.1 Å². The third-order valence-corrected chi connectivity index (χ3v) is 7.27. The van der Waals surface area contributed by atoms with Crippen molar-refractivity contribution in [2.24, 2.45) is 0 Å². The monoisotopic (exact) mass is 506 g/mol. The van der Waals surface area contributed by atoms with Crippen LogP contribution >= 0.6 is 0 Å². The number of pyridine rings is 1. The number of aryl methyl sites for hydroxylation is 1. The van der Waals surface area contributed by atoms with E-state index in [0.717, 1.165) is 5.56 Å². The molecule has 35 heavy (non-hydrogen) atoms.